The van der Waals surface area contributed by atoms with E-state index in [4.69, 9.17) is 11.6 Å². The molecule has 1 aromatic rings. The second kappa shape index (κ2) is 6.20. The summed E-state index contributed by atoms with van der Waals surface area (Å²) in [6.07, 6.45) is 0. The molecular weight excluding hydrogens is 276 g/mol. The molecule has 0 N–H and O–H groups in total. The SMILES string of the molecule is COC(=O)C(C)CS(=O)(=O)Cc1ccccc1Cl. The van der Waals surface area contributed by atoms with Crippen molar-refractivity contribution < 1.29 is 17.9 Å². The van der Waals surface area contributed by atoms with E-state index in [0.717, 1.165) is 0 Å². The summed E-state index contributed by atoms with van der Waals surface area (Å²) in [7, 11) is -2.16. The molecule has 1 aromatic carbocycles. The molecule has 1 unspecified atom stereocenters. The number of ether oxygens (including phenoxy) is 1. The molecule has 0 aliphatic carbocycles. The van der Waals surface area contributed by atoms with Gasteiger partial charge in [0.15, 0.2) is 9.84 Å². The predicted octanol–water partition coefficient (Wildman–Crippen LogP) is 2.06. The number of sulfone groups is 1. The number of esters is 1. The number of halogens is 1. The summed E-state index contributed by atoms with van der Waals surface area (Å²) >= 11 is 5.90. The molecule has 6 heteroatoms. The number of hydrogen-bond acceptors (Lipinski definition) is 4. The number of benzene rings is 1. The smallest absolute Gasteiger partial charge is 0.309 e. The van der Waals surface area contributed by atoms with Crippen LogP contribution in [0.25, 0.3) is 0 Å². The summed E-state index contributed by atoms with van der Waals surface area (Å²) in [5, 5.41) is 0.409. The maximum Gasteiger partial charge on any atom is 0.309 e. The third kappa shape index (κ3) is 4.31. The Morgan fingerprint density at radius 3 is 2.56 bits per heavy atom. The van der Waals surface area contributed by atoms with Crippen LogP contribution in [0.3, 0.4) is 0 Å². The lowest BCUT2D eigenvalue weighted by atomic mass is 10.2. The first-order chi connectivity index (χ1) is 8.35. The average molecular weight is 291 g/mol. The molecule has 4 nitrogen and oxygen atoms in total. The van der Waals surface area contributed by atoms with Crippen molar-refractivity contribution in [1.29, 1.82) is 0 Å². The standard InChI is InChI=1S/C12H15ClO4S/c1-9(12(14)17-2)7-18(15,16)8-10-5-3-4-6-11(10)13/h3-6,9H,7-8H2,1-2H3. The van der Waals surface area contributed by atoms with E-state index in [1.807, 2.05) is 0 Å². The Balaban J connectivity index is 2.77. The molecule has 1 atom stereocenters. The Labute approximate surface area is 112 Å². The first-order valence-corrected chi connectivity index (χ1v) is 7.57. The minimum atomic E-state index is -3.40. The average Bonchev–Trinajstić information content (AvgIpc) is 2.30. The number of rotatable bonds is 5. The van der Waals surface area contributed by atoms with Crippen LogP contribution < -0.4 is 0 Å². The summed E-state index contributed by atoms with van der Waals surface area (Å²) in [6.45, 7) is 1.52. The molecule has 100 valence electrons. The highest BCUT2D eigenvalue weighted by Crippen LogP contribution is 2.19. The van der Waals surface area contributed by atoms with E-state index >= 15 is 0 Å². The van der Waals surface area contributed by atoms with Crippen molar-refractivity contribution in [3.63, 3.8) is 0 Å². The van der Waals surface area contributed by atoms with E-state index in [0.29, 0.717) is 10.6 Å². The first kappa shape index (κ1) is 15.0. The topological polar surface area (TPSA) is 60.4 Å². The van der Waals surface area contributed by atoms with E-state index in [9.17, 15) is 13.2 Å². The van der Waals surface area contributed by atoms with Gasteiger partial charge in [0.25, 0.3) is 0 Å². The van der Waals surface area contributed by atoms with E-state index < -0.39 is 21.7 Å². The van der Waals surface area contributed by atoms with Gasteiger partial charge in [0.1, 0.15) is 0 Å². The van der Waals surface area contributed by atoms with Crippen LogP contribution in [0.5, 0.6) is 0 Å². The Bertz CT molecular complexity index is 525. The lowest BCUT2D eigenvalue weighted by molar-refractivity contribution is -0.144. The van der Waals surface area contributed by atoms with Gasteiger partial charge in [-0.05, 0) is 11.6 Å². The summed E-state index contributed by atoms with van der Waals surface area (Å²) in [5.41, 5.74) is 0.538. The van der Waals surface area contributed by atoms with Crippen LogP contribution in [0.4, 0.5) is 0 Å². The molecule has 0 radical (unpaired) electrons. The van der Waals surface area contributed by atoms with Gasteiger partial charge in [0.2, 0.25) is 0 Å². The number of carbonyl (C=O) groups excluding carboxylic acids is 1. The summed E-state index contributed by atoms with van der Waals surface area (Å²) < 4.78 is 28.3. The van der Waals surface area contributed by atoms with Gasteiger partial charge in [-0.15, -0.1) is 0 Å². The summed E-state index contributed by atoms with van der Waals surface area (Å²) in [5.74, 6) is -1.63. The molecule has 0 heterocycles. The van der Waals surface area contributed by atoms with Crippen LogP contribution in [0.2, 0.25) is 5.02 Å². The Hall–Kier alpha value is -1.07. The summed E-state index contributed by atoms with van der Waals surface area (Å²) in [4.78, 5) is 11.2. The van der Waals surface area contributed by atoms with Gasteiger partial charge in [-0.2, -0.15) is 0 Å². The van der Waals surface area contributed by atoms with E-state index in [2.05, 4.69) is 4.74 Å². The van der Waals surface area contributed by atoms with Gasteiger partial charge in [0, 0.05) is 5.02 Å². The number of methoxy groups -OCH3 is 1. The van der Waals surface area contributed by atoms with Crippen LogP contribution in [0.1, 0.15) is 12.5 Å². The monoisotopic (exact) mass is 290 g/mol. The van der Waals surface area contributed by atoms with Gasteiger partial charge in [0.05, 0.1) is 24.5 Å². The highest BCUT2D eigenvalue weighted by Gasteiger charge is 2.23. The van der Waals surface area contributed by atoms with Crippen LogP contribution >= 0.6 is 11.6 Å². The molecule has 0 aliphatic heterocycles. The molecule has 0 spiro atoms. The molecule has 0 bridgehead atoms. The molecule has 18 heavy (non-hydrogen) atoms. The maximum atomic E-state index is 11.9. The molecule has 0 saturated heterocycles. The minimum absolute atomic E-state index is 0.173. The molecule has 1 rings (SSSR count). The highest BCUT2D eigenvalue weighted by molar-refractivity contribution is 7.90. The Kier molecular flexibility index (Phi) is 5.16. The molecule has 0 fully saturated rings. The minimum Gasteiger partial charge on any atom is -0.469 e. The second-order valence-corrected chi connectivity index (χ2v) is 6.59. The lowest BCUT2D eigenvalue weighted by Gasteiger charge is -2.10. The predicted molar refractivity (Wildman–Crippen MR) is 70.1 cm³/mol. The molecular formula is C12H15ClO4S. The summed E-state index contributed by atoms with van der Waals surface area (Å²) in [6, 6.07) is 6.74. The third-order valence-electron chi connectivity index (χ3n) is 2.44. The first-order valence-electron chi connectivity index (χ1n) is 5.37. The lowest BCUT2D eigenvalue weighted by Crippen LogP contribution is -2.23. The Morgan fingerprint density at radius 2 is 2.00 bits per heavy atom. The van der Waals surface area contributed by atoms with Gasteiger partial charge in [-0.1, -0.05) is 36.7 Å². The van der Waals surface area contributed by atoms with Gasteiger partial charge in [-0.25, -0.2) is 8.42 Å². The zero-order valence-corrected chi connectivity index (χ0v) is 11.8. The quantitative estimate of drug-likeness (QED) is 0.779. The van der Waals surface area contributed by atoms with Crippen LogP contribution in [0.15, 0.2) is 24.3 Å². The van der Waals surface area contributed by atoms with Gasteiger partial charge >= 0.3 is 5.97 Å². The fourth-order valence-electron chi connectivity index (χ4n) is 1.56. The maximum absolute atomic E-state index is 11.9. The van der Waals surface area contributed by atoms with Crippen molar-refractivity contribution in [2.45, 2.75) is 12.7 Å². The second-order valence-electron chi connectivity index (χ2n) is 4.07. The van der Waals surface area contributed by atoms with Crippen molar-refractivity contribution in [3.05, 3.63) is 34.9 Å². The zero-order valence-electron chi connectivity index (χ0n) is 10.2. The molecule has 0 aromatic heterocycles. The largest absolute Gasteiger partial charge is 0.469 e. The normalized spacial score (nSPS) is 13.1. The van der Waals surface area contributed by atoms with E-state index in [1.165, 1.54) is 14.0 Å². The van der Waals surface area contributed by atoms with Crippen molar-refractivity contribution in [3.8, 4) is 0 Å². The van der Waals surface area contributed by atoms with E-state index in [1.54, 1.807) is 24.3 Å². The fraction of sp³-hybridized carbons (Fsp3) is 0.417. The van der Waals surface area contributed by atoms with E-state index in [-0.39, 0.29) is 11.5 Å². The van der Waals surface area contributed by atoms with Crippen molar-refractivity contribution in [2.24, 2.45) is 5.92 Å². The molecule has 0 amide bonds. The third-order valence-corrected chi connectivity index (χ3v) is 4.57. The van der Waals surface area contributed by atoms with Crippen molar-refractivity contribution in [1.82, 2.24) is 0 Å². The van der Waals surface area contributed by atoms with Crippen LogP contribution in [-0.2, 0) is 25.1 Å². The van der Waals surface area contributed by atoms with Crippen LogP contribution in [-0.4, -0.2) is 27.2 Å². The Morgan fingerprint density at radius 1 is 1.39 bits per heavy atom. The highest BCUT2D eigenvalue weighted by atomic mass is 35.5. The number of carbonyl (C=O) groups is 1. The van der Waals surface area contributed by atoms with Crippen molar-refractivity contribution in [2.75, 3.05) is 12.9 Å². The van der Waals surface area contributed by atoms with Gasteiger partial charge < -0.3 is 4.74 Å². The van der Waals surface area contributed by atoms with Crippen LogP contribution in [0, 0.1) is 5.92 Å². The van der Waals surface area contributed by atoms with Crippen molar-refractivity contribution >= 4 is 27.4 Å². The van der Waals surface area contributed by atoms with Gasteiger partial charge in [-0.3, -0.25) is 4.79 Å². The fourth-order valence-corrected chi connectivity index (χ4v) is 3.58. The number of hydrogen-bond donors (Lipinski definition) is 0. The zero-order chi connectivity index (χ0) is 13.8. The molecule has 0 aliphatic rings. The molecule has 0 saturated carbocycles.